The van der Waals surface area contributed by atoms with Crippen LogP contribution in [0, 0.1) is 6.54 Å². The highest BCUT2D eigenvalue weighted by Crippen LogP contribution is 1.94. The molecular weight excluding hydrogens is 102 g/mol. The maximum absolute atomic E-state index is 10.1. The quantitative estimate of drug-likeness (QED) is 0.502. The highest BCUT2D eigenvalue weighted by molar-refractivity contribution is 5.48. The molecule has 0 aromatic carbocycles. The van der Waals surface area contributed by atoms with Crippen molar-refractivity contribution < 1.29 is 4.79 Å². The second-order valence-electron chi connectivity index (χ2n) is 1.90. The zero-order valence-corrected chi connectivity index (χ0v) is 5.59. The van der Waals surface area contributed by atoms with Gasteiger partial charge in [-0.25, -0.2) is 0 Å². The number of hydrogen-bond acceptors (Lipinski definition) is 1. The van der Waals surface area contributed by atoms with Crippen molar-refractivity contribution in [1.29, 1.82) is 0 Å². The van der Waals surface area contributed by atoms with E-state index in [0.29, 0.717) is 0 Å². The van der Waals surface area contributed by atoms with Gasteiger partial charge in [0.1, 0.15) is 0 Å². The predicted octanol–water partition coefficient (Wildman–Crippen LogP) is 1.03. The third-order valence-electron chi connectivity index (χ3n) is 1.02. The van der Waals surface area contributed by atoms with E-state index in [0.717, 1.165) is 6.41 Å². The van der Waals surface area contributed by atoms with Gasteiger partial charge in [0, 0.05) is 12.6 Å². The first-order valence-electron chi connectivity index (χ1n) is 2.74. The Bertz CT molecular complexity index is 70.9. The summed E-state index contributed by atoms with van der Waals surface area (Å²) in [5, 5.41) is 0. The Morgan fingerprint density at radius 1 is 1.50 bits per heavy atom. The predicted molar refractivity (Wildman–Crippen MR) is 33.0 cm³/mol. The van der Waals surface area contributed by atoms with Crippen molar-refractivity contribution in [2.24, 2.45) is 0 Å². The summed E-state index contributed by atoms with van der Waals surface area (Å²) in [6.07, 6.45) is 0.824. The smallest absolute Gasteiger partial charge is 0.210 e. The molecule has 0 rings (SSSR count). The SMILES string of the molecule is C[CH]N(C=O)C(C)C. The molecule has 8 heavy (non-hydrogen) atoms. The van der Waals surface area contributed by atoms with Gasteiger partial charge in [-0.2, -0.15) is 0 Å². The molecule has 0 fully saturated rings. The Morgan fingerprint density at radius 3 is 2.00 bits per heavy atom. The minimum absolute atomic E-state index is 0.289. The number of nitrogens with zero attached hydrogens (tertiary/aromatic N) is 1. The molecule has 0 aromatic heterocycles. The summed E-state index contributed by atoms with van der Waals surface area (Å²) in [6.45, 7) is 7.54. The van der Waals surface area contributed by atoms with Crippen LogP contribution in [0.1, 0.15) is 20.8 Å². The molecular formula is C6H12NO. The summed E-state index contributed by atoms with van der Waals surface area (Å²) in [6, 6.07) is 0.289. The molecule has 2 nitrogen and oxygen atoms in total. The largest absolute Gasteiger partial charge is 0.338 e. The summed E-state index contributed by atoms with van der Waals surface area (Å²) in [4.78, 5) is 11.7. The first-order chi connectivity index (χ1) is 3.72. The average Bonchev–Trinajstić information content (AvgIpc) is 1.69. The van der Waals surface area contributed by atoms with Gasteiger partial charge in [0.15, 0.2) is 0 Å². The van der Waals surface area contributed by atoms with Gasteiger partial charge in [0.2, 0.25) is 6.41 Å². The van der Waals surface area contributed by atoms with E-state index in [-0.39, 0.29) is 6.04 Å². The van der Waals surface area contributed by atoms with Crippen molar-refractivity contribution in [2.75, 3.05) is 0 Å². The normalized spacial score (nSPS) is 9.50. The van der Waals surface area contributed by atoms with E-state index in [1.54, 1.807) is 11.4 Å². The molecule has 0 aliphatic heterocycles. The molecule has 0 N–H and O–H groups in total. The van der Waals surface area contributed by atoms with Crippen LogP contribution in [0.5, 0.6) is 0 Å². The molecule has 1 radical (unpaired) electrons. The van der Waals surface area contributed by atoms with Gasteiger partial charge in [0.25, 0.3) is 0 Å². The first kappa shape index (κ1) is 7.47. The van der Waals surface area contributed by atoms with Crippen LogP contribution in [-0.2, 0) is 4.79 Å². The van der Waals surface area contributed by atoms with Crippen molar-refractivity contribution in [3.05, 3.63) is 6.54 Å². The Balaban J connectivity index is 3.51. The molecule has 2 heteroatoms. The lowest BCUT2D eigenvalue weighted by molar-refractivity contribution is -0.117. The average molecular weight is 114 g/mol. The fourth-order valence-corrected chi connectivity index (χ4v) is 0.481. The fraction of sp³-hybridized carbons (Fsp3) is 0.667. The van der Waals surface area contributed by atoms with E-state index in [2.05, 4.69) is 0 Å². The van der Waals surface area contributed by atoms with Gasteiger partial charge in [-0.3, -0.25) is 4.79 Å². The number of carbonyl (C=O) groups excluding carboxylic acids is 1. The van der Waals surface area contributed by atoms with E-state index >= 15 is 0 Å². The molecule has 0 aliphatic rings. The van der Waals surface area contributed by atoms with Gasteiger partial charge in [-0.05, 0) is 20.8 Å². The van der Waals surface area contributed by atoms with Gasteiger partial charge >= 0.3 is 0 Å². The Morgan fingerprint density at radius 2 is 2.00 bits per heavy atom. The third kappa shape index (κ3) is 1.96. The van der Waals surface area contributed by atoms with Crippen molar-refractivity contribution >= 4 is 6.41 Å². The summed E-state index contributed by atoms with van der Waals surface area (Å²) in [5.74, 6) is 0. The van der Waals surface area contributed by atoms with Crippen molar-refractivity contribution in [3.63, 3.8) is 0 Å². The lowest BCUT2D eigenvalue weighted by Crippen LogP contribution is -2.25. The van der Waals surface area contributed by atoms with Crippen LogP contribution in [0.25, 0.3) is 0 Å². The van der Waals surface area contributed by atoms with Crippen LogP contribution >= 0.6 is 0 Å². The van der Waals surface area contributed by atoms with Crippen LogP contribution < -0.4 is 0 Å². The van der Waals surface area contributed by atoms with E-state index < -0.39 is 0 Å². The maximum atomic E-state index is 10.1. The lowest BCUT2D eigenvalue weighted by atomic mass is 10.3. The van der Waals surface area contributed by atoms with Gasteiger partial charge < -0.3 is 4.90 Å². The first-order valence-corrected chi connectivity index (χ1v) is 2.74. The van der Waals surface area contributed by atoms with Gasteiger partial charge in [-0.1, -0.05) is 0 Å². The van der Waals surface area contributed by atoms with Gasteiger partial charge in [-0.15, -0.1) is 0 Å². The van der Waals surface area contributed by atoms with E-state index in [1.807, 2.05) is 20.8 Å². The van der Waals surface area contributed by atoms with Crippen LogP contribution in [0.4, 0.5) is 0 Å². The summed E-state index contributed by atoms with van der Waals surface area (Å²) >= 11 is 0. The minimum Gasteiger partial charge on any atom is -0.338 e. The standard InChI is InChI=1S/C6H12NO/c1-4-7(5-8)6(2)3/h4-6H,1-3H3. The molecule has 0 bridgehead atoms. The van der Waals surface area contributed by atoms with Crippen molar-refractivity contribution in [3.8, 4) is 0 Å². The molecule has 0 saturated carbocycles. The minimum atomic E-state index is 0.289. The van der Waals surface area contributed by atoms with E-state index in [9.17, 15) is 4.79 Å². The Labute approximate surface area is 50.5 Å². The number of hydrogen-bond donors (Lipinski definition) is 0. The Hall–Kier alpha value is -0.530. The molecule has 0 atom stereocenters. The van der Waals surface area contributed by atoms with Crippen LogP contribution in [0.2, 0.25) is 0 Å². The monoisotopic (exact) mass is 114 g/mol. The van der Waals surface area contributed by atoms with Gasteiger partial charge in [0.05, 0.1) is 0 Å². The third-order valence-corrected chi connectivity index (χ3v) is 1.02. The van der Waals surface area contributed by atoms with Crippen molar-refractivity contribution in [2.45, 2.75) is 26.8 Å². The molecule has 0 unspecified atom stereocenters. The zero-order valence-electron chi connectivity index (χ0n) is 5.59. The zero-order chi connectivity index (χ0) is 6.57. The number of rotatable bonds is 3. The van der Waals surface area contributed by atoms with Crippen LogP contribution in [-0.4, -0.2) is 17.4 Å². The molecule has 0 spiro atoms. The molecule has 47 valence electrons. The second kappa shape index (κ2) is 3.47. The molecule has 1 amide bonds. The van der Waals surface area contributed by atoms with Crippen LogP contribution in [0.15, 0.2) is 0 Å². The summed E-state index contributed by atoms with van der Waals surface area (Å²) in [5.41, 5.74) is 0. The molecule has 0 heterocycles. The van der Waals surface area contributed by atoms with Crippen molar-refractivity contribution in [1.82, 2.24) is 4.90 Å². The molecule has 0 aliphatic carbocycles. The summed E-state index contributed by atoms with van der Waals surface area (Å²) < 4.78 is 0. The van der Waals surface area contributed by atoms with E-state index in [4.69, 9.17) is 0 Å². The highest BCUT2D eigenvalue weighted by atomic mass is 16.1. The highest BCUT2D eigenvalue weighted by Gasteiger charge is 2.00. The fourth-order valence-electron chi connectivity index (χ4n) is 0.481. The maximum Gasteiger partial charge on any atom is 0.210 e. The topological polar surface area (TPSA) is 20.3 Å². The number of amides is 1. The van der Waals surface area contributed by atoms with E-state index in [1.165, 1.54) is 0 Å². The lowest BCUT2D eigenvalue weighted by Gasteiger charge is -2.17. The number of carbonyl (C=O) groups is 1. The van der Waals surface area contributed by atoms with Crippen LogP contribution in [0.3, 0.4) is 0 Å². The molecule has 0 saturated heterocycles. The Kier molecular flexibility index (Phi) is 3.24. The second-order valence-corrected chi connectivity index (χ2v) is 1.90. The summed E-state index contributed by atoms with van der Waals surface area (Å²) in [7, 11) is 0. The molecule has 0 aromatic rings.